The quantitative estimate of drug-likeness (QED) is 0.0272. The molecule has 0 aromatic carbocycles. The molecule has 1 aliphatic heterocycles. The Balaban J connectivity index is 2.27. The third kappa shape index (κ3) is 30.9. The average molecular weight is 819 g/mol. The van der Waals surface area contributed by atoms with E-state index in [-0.39, 0.29) is 25.6 Å². The molecule has 6 unspecified atom stereocenters. The minimum atomic E-state index is -1.54. The Morgan fingerprint density at radius 2 is 1.05 bits per heavy atom. The highest BCUT2D eigenvalue weighted by atomic mass is 16.7. The Bertz CT molecular complexity index is 1070. The molecule has 6 atom stereocenters. The molecule has 9 nitrogen and oxygen atoms in total. The van der Waals surface area contributed by atoms with E-state index in [1.54, 1.807) is 0 Å². The monoisotopic (exact) mass is 819 g/mol. The fraction of sp³-hybridized carbons (Fsp3) is 0.776. The number of unbranched alkanes of at least 4 members (excludes halogenated alkanes) is 18. The van der Waals surface area contributed by atoms with Crippen LogP contribution in [-0.4, -0.2) is 89.6 Å². The number of allylic oxidation sites excluding steroid dienone is 10. The van der Waals surface area contributed by atoms with Crippen molar-refractivity contribution in [3.63, 3.8) is 0 Å². The molecule has 58 heavy (non-hydrogen) atoms. The summed E-state index contributed by atoms with van der Waals surface area (Å²) in [5.41, 5.74) is 0. The number of carbonyl (C=O) groups excluding carboxylic acids is 1. The Morgan fingerprint density at radius 1 is 0.569 bits per heavy atom. The van der Waals surface area contributed by atoms with Gasteiger partial charge in [0, 0.05) is 13.0 Å². The number of esters is 1. The zero-order valence-electron chi connectivity index (χ0n) is 36.8. The highest BCUT2D eigenvalue weighted by molar-refractivity contribution is 5.69. The fourth-order valence-electron chi connectivity index (χ4n) is 6.77. The van der Waals surface area contributed by atoms with Crippen molar-refractivity contribution in [2.45, 2.75) is 218 Å². The van der Waals surface area contributed by atoms with Crippen LogP contribution in [0.4, 0.5) is 0 Å². The Labute approximate surface area is 354 Å². The first-order valence-electron chi connectivity index (χ1n) is 23.4. The third-order valence-electron chi connectivity index (χ3n) is 10.4. The number of hydrogen-bond acceptors (Lipinski definition) is 9. The van der Waals surface area contributed by atoms with E-state index in [0.717, 1.165) is 70.6 Å². The number of carbonyl (C=O) groups is 1. The minimum absolute atomic E-state index is 0.127. The molecule has 1 fully saturated rings. The Hall–Kier alpha value is -2.11. The number of ether oxygens (including phenoxy) is 4. The van der Waals surface area contributed by atoms with Gasteiger partial charge in [-0.15, -0.1) is 0 Å². The third-order valence-corrected chi connectivity index (χ3v) is 10.4. The van der Waals surface area contributed by atoms with Gasteiger partial charge in [0.05, 0.1) is 19.8 Å². The van der Waals surface area contributed by atoms with Crippen molar-refractivity contribution >= 4 is 5.97 Å². The first-order chi connectivity index (χ1) is 28.4. The summed E-state index contributed by atoms with van der Waals surface area (Å²) in [7, 11) is 0. The molecule has 1 saturated heterocycles. The van der Waals surface area contributed by atoms with Gasteiger partial charge in [-0.25, -0.2) is 0 Å². The summed E-state index contributed by atoms with van der Waals surface area (Å²) in [6, 6.07) is 0. The summed E-state index contributed by atoms with van der Waals surface area (Å²) < 4.78 is 22.8. The first-order valence-corrected chi connectivity index (χ1v) is 23.4. The highest BCUT2D eigenvalue weighted by Gasteiger charge is 2.44. The molecular weight excluding hydrogens is 733 g/mol. The maximum absolute atomic E-state index is 12.8. The normalized spacial score (nSPS) is 20.8. The van der Waals surface area contributed by atoms with E-state index in [9.17, 15) is 25.2 Å². The number of aliphatic hydroxyl groups excluding tert-OH is 4. The van der Waals surface area contributed by atoms with Crippen molar-refractivity contribution in [3.8, 4) is 0 Å². The predicted octanol–water partition coefficient (Wildman–Crippen LogP) is 10.7. The molecule has 0 saturated carbocycles. The first kappa shape index (κ1) is 53.9. The highest BCUT2D eigenvalue weighted by Crippen LogP contribution is 2.22. The van der Waals surface area contributed by atoms with Crippen molar-refractivity contribution in [1.82, 2.24) is 0 Å². The van der Waals surface area contributed by atoms with Gasteiger partial charge in [0.2, 0.25) is 0 Å². The predicted molar refractivity (Wildman–Crippen MR) is 238 cm³/mol. The van der Waals surface area contributed by atoms with Gasteiger partial charge >= 0.3 is 5.97 Å². The lowest BCUT2D eigenvalue weighted by atomic mass is 9.99. The van der Waals surface area contributed by atoms with Crippen LogP contribution in [0.2, 0.25) is 0 Å². The molecule has 0 aliphatic carbocycles. The molecule has 4 N–H and O–H groups in total. The summed E-state index contributed by atoms with van der Waals surface area (Å²) in [6.45, 7) is 4.40. The van der Waals surface area contributed by atoms with Crippen LogP contribution in [-0.2, 0) is 23.7 Å². The molecule has 0 aromatic heterocycles. The summed E-state index contributed by atoms with van der Waals surface area (Å²) in [5.74, 6) is -0.339. The second-order valence-electron chi connectivity index (χ2n) is 15.8. The van der Waals surface area contributed by atoms with E-state index in [4.69, 9.17) is 18.9 Å². The molecule has 0 amide bonds. The number of aliphatic hydroxyl groups is 4. The molecule has 9 heteroatoms. The van der Waals surface area contributed by atoms with E-state index in [0.29, 0.717) is 6.61 Å². The molecule has 336 valence electrons. The molecule has 0 spiro atoms. The molecule has 1 aliphatic rings. The van der Waals surface area contributed by atoms with Crippen LogP contribution in [0.1, 0.15) is 181 Å². The van der Waals surface area contributed by atoms with Crippen molar-refractivity contribution in [2.75, 3.05) is 26.4 Å². The Kier molecular flexibility index (Phi) is 37.5. The smallest absolute Gasteiger partial charge is 0.306 e. The zero-order valence-corrected chi connectivity index (χ0v) is 36.8. The van der Waals surface area contributed by atoms with Crippen LogP contribution < -0.4 is 0 Å². The van der Waals surface area contributed by atoms with Crippen molar-refractivity contribution in [3.05, 3.63) is 60.8 Å². The van der Waals surface area contributed by atoms with Crippen molar-refractivity contribution < 1.29 is 44.2 Å². The lowest BCUT2D eigenvalue weighted by Gasteiger charge is -2.39. The van der Waals surface area contributed by atoms with Crippen LogP contribution in [0, 0.1) is 0 Å². The maximum Gasteiger partial charge on any atom is 0.306 e. The van der Waals surface area contributed by atoms with Gasteiger partial charge < -0.3 is 39.4 Å². The second kappa shape index (κ2) is 40.3. The summed E-state index contributed by atoms with van der Waals surface area (Å²) in [6.07, 6.45) is 43.9. The standard InChI is InChI=1S/C49H86O9/c1-3-5-7-9-11-13-15-17-19-21-23-25-27-29-31-33-35-37-39-55-41-43(42-56-49-48(54)47(53)46(52)44(40-50)58-49)57-45(51)38-36-34-32-30-28-26-24-22-20-18-16-14-12-10-8-6-4-2/h6,8,12,14,17-20,24,26,43-44,46-50,52-54H,3-5,7,9-11,13,15-16,21-23,25,27-42H2,1-2H3/b8-6-,14-12-,19-17-,20-18-,26-24-. The second-order valence-corrected chi connectivity index (χ2v) is 15.8. The van der Waals surface area contributed by atoms with E-state index in [2.05, 4.69) is 74.6 Å². The van der Waals surface area contributed by atoms with Gasteiger partial charge in [-0.1, -0.05) is 158 Å². The molecule has 0 bridgehead atoms. The van der Waals surface area contributed by atoms with Crippen LogP contribution >= 0.6 is 0 Å². The van der Waals surface area contributed by atoms with Gasteiger partial charge in [0.15, 0.2) is 6.29 Å². The van der Waals surface area contributed by atoms with Gasteiger partial charge in [0.25, 0.3) is 0 Å². The fourth-order valence-corrected chi connectivity index (χ4v) is 6.77. The van der Waals surface area contributed by atoms with Crippen LogP contribution in [0.15, 0.2) is 60.8 Å². The lowest BCUT2D eigenvalue weighted by Crippen LogP contribution is -2.59. The Morgan fingerprint density at radius 3 is 1.60 bits per heavy atom. The summed E-state index contributed by atoms with van der Waals surface area (Å²) in [5, 5.41) is 40.1. The lowest BCUT2D eigenvalue weighted by molar-refractivity contribution is -0.305. The zero-order chi connectivity index (χ0) is 42.2. The van der Waals surface area contributed by atoms with Crippen molar-refractivity contribution in [1.29, 1.82) is 0 Å². The minimum Gasteiger partial charge on any atom is -0.457 e. The molecular formula is C49H86O9. The molecule has 1 rings (SSSR count). The summed E-state index contributed by atoms with van der Waals surface area (Å²) >= 11 is 0. The van der Waals surface area contributed by atoms with Crippen molar-refractivity contribution in [2.24, 2.45) is 0 Å². The van der Waals surface area contributed by atoms with Crippen LogP contribution in [0.5, 0.6) is 0 Å². The summed E-state index contributed by atoms with van der Waals surface area (Å²) in [4.78, 5) is 12.8. The molecule has 1 heterocycles. The van der Waals surface area contributed by atoms with E-state index in [1.807, 2.05) is 0 Å². The molecule has 0 radical (unpaired) electrons. The van der Waals surface area contributed by atoms with Gasteiger partial charge in [-0.2, -0.15) is 0 Å². The van der Waals surface area contributed by atoms with E-state index < -0.39 is 43.4 Å². The van der Waals surface area contributed by atoms with Crippen LogP contribution in [0.3, 0.4) is 0 Å². The van der Waals surface area contributed by atoms with Crippen LogP contribution in [0.25, 0.3) is 0 Å². The SMILES string of the molecule is CC/C=C\C/C=C\C/C=C\C/C=C\CCCCCCC(=O)OC(COCCCCCCCCCC/C=C\CCCCCCCC)COC1OC(CO)C(O)C(O)C1O. The topological polar surface area (TPSA) is 135 Å². The molecule has 0 aromatic rings. The van der Waals surface area contributed by atoms with Gasteiger partial charge in [0.1, 0.15) is 30.5 Å². The largest absolute Gasteiger partial charge is 0.457 e. The average Bonchev–Trinajstić information content (AvgIpc) is 3.22. The van der Waals surface area contributed by atoms with Gasteiger partial charge in [-0.05, 0) is 77.0 Å². The van der Waals surface area contributed by atoms with E-state index in [1.165, 1.54) is 89.9 Å². The number of hydrogen-bond donors (Lipinski definition) is 4. The number of rotatable bonds is 39. The van der Waals surface area contributed by atoms with E-state index >= 15 is 0 Å². The van der Waals surface area contributed by atoms with Gasteiger partial charge in [-0.3, -0.25) is 4.79 Å². The maximum atomic E-state index is 12.8.